The van der Waals surface area contributed by atoms with Crippen LogP contribution in [0.5, 0.6) is 5.75 Å². The smallest absolute Gasteiger partial charge is 0.169 e. The van der Waals surface area contributed by atoms with E-state index in [2.05, 4.69) is 26.8 Å². The Kier molecular flexibility index (Phi) is 6.24. The van der Waals surface area contributed by atoms with Crippen molar-refractivity contribution in [1.29, 1.82) is 0 Å². The van der Waals surface area contributed by atoms with Crippen LogP contribution in [0.15, 0.2) is 35.9 Å². The average molecular weight is 481 g/mol. The fraction of sp³-hybridized carbons (Fsp3) is 0.710. The number of Topliss-reactive ketones (excluding diaryl/α,β-unsaturated/α-hetero) is 1. The number of aliphatic hydroxyl groups is 1. The maximum Gasteiger partial charge on any atom is 0.169 e. The minimum absolute atomic E-state index is 0.129. The van der Waals surface area contributed by atoms with E-state index in [1.807, 2.05) is 31.2 Å². The number of methoxy groups -OCH3 is 1. The number of carbonyl (C=O) groups excluding carboxylic acids is 1. The van der Waals surface area contributed by atoms with Crippen LogP contribution >= 0.6 is 0 Å². The molecule has 0 spiro atoms. The number of fused-ring (bicyclic) bond motifs is 5. The summed E-state index contributed by atoms with van der Waals surface area (Å²) in [6.45, 7) is 9.38. The van der Waals surface area contributed by atoms with E-state index in [-0.39, 0.29) is 16.2 Å². The monoisotopic (exact) mass is 480 g/mol. The third kappa shape index (κ3) is 3.73. The molecule has 0 amide bonds. The fourth-order valence-electron chi connectivity index (χ4n) is 9.22. The summed E-state index contributed by atoms with van der Waals surface area (Å²) in [7, 11) is 1.67. The molecule has 4 heteroatoms. The van der Waals surface area contributed by atoms with E-state index in [9.17, 15) is 9.90 Å². The van der Waals surface area contributed by atoms with Crippen molar-refractivity contribution >= 4 is 5.78 Å². The number of hydrogen-bond donors (Lipinski definition) is 1. The third-order valence-corrected chi connectivity index (χ3v) is 11.4. The predicted molar refractivity (Wildman–Crippen MR) is 138 cm³/mol. The molecule has 1 aromatic rings. The van der Waals surface area contributed by atoms with Crippen molar-refractivity contribution in [3.8, 4) is 5.75 Å². The lowest BCUT2D eigenvalue weighted by Crippen LogP contribution is -2.55. The molecule has 7 unspecified atom stereocenters. The number of allylic oxidation sites excluding steroid dienone is 1. The number of carbonyl (C=O) groups is 1. The van der Waals surface area contributed by atoms with Crippen LogP contribution in [0.1, 0.15) is 91.0 Å². The zero-order valence-corrected chi connectivity index (χ0v) is 22.4. The topological polar surface area (TPSA) is 55.8 Å². The lowest BCUT2D eigenvalue weighted by atomic mass is 9.45. The molecule has 4 aliphatic carbocycles. The number of hydrogen-bond acceptors (Lipinski definition) is 4. The Hall–Kier alpha value is -1.65. The molecule has 7 atom stereocenters. The summed E-state index contributed by atoms with van der Waals surface area (Å²) in [4.78, 5) is 12.9. The first-order valence-corrected chi connectivity index (χ1v) is 13.8. The second kappa shape index (κ2) is 8.73. The highest BCUT2D eigenvalue weighted by Gasteiger charge is 2.65. The first-order chi connectivity index (χ1) is 16.6. The maximum absolute atomic E-state index is 12.9. The molecule has 1 aromatic carbocycles. The Morgan fingerprint density at radius 2 is 1.77 bits per heavy atom. The Labute approximate surface area is 211 Å². The molecule has 5 rings (SSSR count). The number of ketones is 1. The Balaban J connectivity index is 1.33. The number of benzene rings is 1. The average Bonchev–Trinajstić information content (AvgIpc) is 3.17. The molecule has 0 heterocycles. The largest absolute Gasteiger partial charge is 0.497 e. The molecule has 35 heavy (non-hydrogen) atoms. The first kappa shape index (κ1) is 25.0. The normalized spacial score (nSPS) is 42.5. The van der Waals surface area contributed by atoms with Crippen LogP contribution in [-0.4, -0.2) is 23.8 Å². The van der Waals surface area contributed by atoms with E-state index >= 15 is 0 Å². The zero-order valence-electron chi connectivity index (χ0n) is 22.4. The quantitative estimate of drug-likeness (QED) is 0.357. The Bertz CT molecular complexity index is 998. The zero-order chi connectivity index (χ0) is 25.1. The number of rotatable bonds is 6. The summed E-state index contributed by atoms with van der Waals surface area (Å²) in [6, 6.07) is 7.86. The van der Waals surface area contributed by atoms with Crippen LogP contribution in [0, 0.1) is 34.0 Å². The molecule has 3 saturated carbocycles. The van der Waals surface area contributed by atoms with Crippen LogP contribution < -0.4 is 4.74 Å². The SMILES string of the molecule is CCC1(C(C)=O)CCC2C3CC=C4CC(O)(OCc5ccc(OC)cc5)CCC4(C)C3CCC21C. The molecular weight excluding hydrogens is 436 g/mol. The van der Waals surface area contributed by atoms with Crippen molar-refractivity contribution in [1.82, 2.24) is 0 Å². The molecule has 0 saturated heterocycles. The van der Waals surface area contributed by atoms with Crippen LogP contribution in [0.3, 0.4) is 0 Å². The van der Waals surface area contributed by atoms with Gasteiger partial charge in [-0.25, -0.2) is 0 Å². The molecule has 4 nitrogen and oxygen atoms in total. The van der Waals surface area contributed by atoms with Gasteiger partial charge in [0.2, 0.25) is 0 Å². The molecular formula is C31H44O4. The molecule has 4 aliphatic rings. The van der Waals surface area contributed by atoms with Gasteiger partial charge in [0, 0.05) is 18.3 Å². The molecule has 192 valence electrons. The molecule has 0 aromatic heterocycles. The third-order valence-electron chi connectivity index (χ3n) is 11.4. The summed E-state index contributed by atoms with van der Waals surface area (Å²) in [6.07, 6.45) is 11.4. The van der Waals surface area contributed by atoms with Gasteiger partial charge < -0.3 is 14.6 Å². The highest BCUT2D eigenvalue weighted by atomic mass is 16.6. The van der Waals surface area contributed by atoms with Gasteiger partial charge in [-0.15, -0.1) is 0 Å². The second-order valence-electron chi connectivity index (χ2n) is 12.5. The van der Waals surface area contributed by atoms with Gasteiger partial charge in [0.05, 0.1) is 13.7 Å². The van der Waals surface area contributed by atoms with Gasteiger partial charge in [0.1, 0.15) is 11.5 Å². The van der Waals surface area contributed by atoms with Crippen LogP contribution in [0.2, 0.25) is 0 Å². The lowest BCUT2D eigenvalue weighted by molar-refractivity contribution is -0.231. The molecule has 3 fully saturated rings. The lowest BCUT2D eigenvalue weighted by Gasteiger charge is -2.60. The predicted octanol–water partition coefficient (Wildman–Crippen LogP) is 6.85. The summed E-state index contributed by atoms with van der Waals surface area (Å²) >= 11 is 0. The molecule has 0 aliphatic heterocycles. The minimum Gasteiger partial charge on any atom is -0.497 e. The van der Waals surface area contributed by atoms with Crippen molar-refractivity contribution in [2.75, 3.05) is 7.11 Å². The van der Waals surface area contributed by atoms with E-state index in [1.165, 1.54) is 18.4 Å². The van der Waals surface area contributed by atoms with Gasteiger partial charge in [-0.2, -0.15) is 0 Å². The van der Waals surface area contributed by atoms with Crippen LogP contribution in [0.4, 0.5) is 0 Å². The number of ether oxygens (including phenoxy) is 2. The summed E-state index contributed by atoms with van der Waals surface area (Å²) in [5.74, 6) is 2.08. The molecule has 0 radical (unpaired) electrons. The van der Waals surface area contributed by atoms with E-state index in [0.29, 0.717) is 43.0 Å². The first-order valence-electron chi connectivity index (χ1n) is 13.8. The van der Waals surface area contributed by atoms with Crippen molar-refractivity contribution in [3.63, 3.8) is 0 Å². The van der Waals surface area contributed by atoms with Gasteiger partial charge >= 0.3 is 0 Å². The van der Waals surface area contributed by atoms with E-state index in [4.69, 9.17) is 9.47 Å². The Morgan fingerprint density at radius 1 is 1.06 bits per heavy atom. The van der Waals surface area contributed by atoms with Gasteiger partial charge in [-0.1, -0.05) is 44.6 Å². The molecule has 1 N–H and O–H groups in total. The van der Waals surface area contributed by atoms with Gasteiger partial charge in [-0.05, 0) is 98.1 Å². The van der Waals surface area contributed by atoms with Crippen molar-refractivity contribution in [3.05, 3.63) is 41.5 Å². The highest BCUT2D eigenvalue weighted by Crippen LogP contribution is 2.70. The van der Waals surface area contributed by atoms with Crippen LogP contribution in [-0.2, 0) is 16.1 Å². The summed E-state index contributed by atoms with van der Waals surface area (Å²) < 4.78 is 11.4. The van der Waals surface area contributed by atoms with Crippen molar-refractivity contribution < 1.29 is 19.4 Å². The summed E-state index contributed by atoms with van der Waals surface area (Å²) in [5, 5.41) is 11.4. The molecule has 0 bridgehead atoms. The highest BCUT2D eigenvalue weighted by molar-refractivity contribution is 5.83. The Morgan fingerprint density at radius 3 is 2.43 bits per heavy atom. The van der Waals surface area contributed by atoms with E-state index in [0.717, 1.165) is 43.4 Å². The van der Waals surface area contributed by atoms with E-state index < -0.39 is 5.79 Å². The van der Waals surface area contributed by atoms with Gasteiger partial charge in [0.25, 0.3) is 0 Å². The second-order valence-corrected chi connectivity index (χ2v) is 12.5. The summed E-state index contributed by atoms with van der Waals surface area (Å²) in [5.41, 5.74) is 2.58. The van der Waals surface area contributed by atoms with Crippen molar-refractivity contribution in [2.45, 2.75) is 97.9 Å². The minimum atomic E-state index is -1.10. The van der Waals surface area contributed by atoms with Gasteiger partial charge in [0.15, 0.2) is 5.79 Å². The standard InChI is InChI=1S/C31H44O4/c1-6-30(21(2)32)16-14-27-25-12-9-23-19-31(33,35-20-22-7-10-24(34-5)11-8-22)18-17-28(23,3)26(25)13-15-29(27,30)4/h7-11,25-27,33H,6,12-20H2,1-5H3. The van der Waals surface area contributed by atoms with Gasteiger partial charge in [-0.3, -0.25) is 4.79 Å². The maximum atomic E-state index is 12.9. The fourth-order valence-corrected chi connectivity index (χ4v) is 9.22. The van der Waals surface area contributed by atoms with Crippen LogP contribution in [0.25, 0.3) is 0 Å². The van der Waals surface area contributed by atoms with Crippen molar-refractivity contribution in [2.24, 2.45) is 34.0 Å². The van der Waals surface area contributed by atoms with E-state index in [1.54, 1.807) is 7.11 Å².